The molecule has 0 aliphatic rings. The molecule has 0 atom stereocenters. The largest absolute Gasteiger partial charge is 0.462 e. The first kappa shape index (κ1) is 12.3. The SMILES string of the molecule is O=C(OCCCCCl)c1cccc(Cl)c1. The van der Waals surface area contributed by atoms with E-state index in [1.807, 2.05) is 0 Å². The third-order valence-corrected chi connectivity index (χ3v) is 2.32. The fourth-order valence-corrected chi connectivity index (χ4v) is 1.44. The summed E-state index contributed by atoms with van der Waals surface area (Å²) in [6.45, 7) is 0.401. The van der Waals surface area contributed by atoms with Gasteiger partial charge in [0.05, 0.1) is 12.2 Å². The summed E-state index contributed by atoms with van der Waals surface area (Å²) in [5, 5.41) is 0.533. The number of esters is 1. The molecule has 0 unspecified atom stereocenters. The summed E-state index contributed by atoms with van der Waals surface area (Å²) in [5.41, 5.74) is 0.480. The molecule has 0 aliphatic carbocycles. The normalized spacial score (nSPS) is 10.0. The first-order chi connectivity index (χ1) is 7.24. The zero-order valence-electron chi connectivity index (χ0n) is 8.21. The second-order valence-corrected chi connectivity index (χ2v) is 3.86. The summed E-state index contributed by atoms with van der Waals surface area (Å²) < 4.78 is 5.03. The summed E-state index contributed by atoms with van der Waals surface area (Å²) in [7, 11) is 0. The van der Waals surface area contributed by atoms with Crippen molar-refractivity contribution < 1.29 is 9.53 Å². The fraction of sp³-hybridized carbons (Fsp3) is 0.364. The third kappa shape index (κ3) is 4.54. The van der Waals surface area contributed by atoms with Crippen LogP contribution in [-0.2, 0) is 4.74 Å². The van der Waals surface area contributed by atoms with Gasteiger partial charge in [-0.25, -0.2) is 4.79 Å². The second-order valence-electron chi connectivity index (χ2n) is 3.04. The number of halogens is 2. The van der Waals surface area contributed by atoms with Crippen LogP contribution in [-0.4, -0.2) is 18.5 Å². The van der Waals surface area contributed by atoms with Crippen molar-refractivity contribution >= 4 is 29.2 Å². The number of unbranched alkanes of at least 4 members (excludes halogenated alkanes) is 1. The minimum Gasteiger partial charge on any atom is -0.462 e. The predicted octanol–water partition coefficient (Wildman–Crippen LogP) is 3.52. The van der Waals surface area contributed by atoms with E-state index in [0.29, 0.717) is 23.1 Å². The minimum absolute atomic E-state index is 0.341. The van der Waals surface area contributed by atoms with Gasteiger partial charge in [-0.05, 0) is 31.0 Å². The highest BCUT2D eigenvalue weighted by atomic mass is 35.5. The van der Waals surface area contributed by atoms with Crippen molar-refractivity contribution in [3.63, 3.8) is 0 Å². The highest BCUT2D eigenvalue weighted by Crippen LogP contribution is 2.11. The average Bonchev–Trinajstić information content (AvgIpc) is 2.24. The zero-order valence-corrected chi connectivity index (χ0v) is 9.72. The monoisotopic (exact) mass is 246 g/mol. The Balaban J connectivity index is 2.40. The molecule has 0 aliphatic heterocycles. The molecule has 0 heterocycles. The molecular weight excluding hydrogens is 235 g/mol. The van der Waals surface area contributed by atoms with Gasteiger partial charge in [-0.15, -0.1) is 11.6 Å². The molecule has 82 valence electrons. The molecule has 15 heavy (non-hydrogen) atoms. The van der Waals surface area contributed by atoms with Gasteiger partial charge in [0.25, 0.3) is 0 Å². The second kappa shape index (κ2) is 6.70. The highest BCUT2D eigenvalue weighted by Gasteiger charge is 2.06. The molecule has 0 N–H and O–H groups in total. The topological polar surface area (TPSA) is 26.3 Å². The van der Waals surface area contributed by atoms with Crippen LogP contribution in [0.1, 0.15) is 23.2 Å². The minimum atomic E-state index is -0.341. The maximum Gasteiger partial charge on any atom is 0.338 e. The van der Waals surface area contributed by atoms with E-state index in [-0.39, 0.29) is 5.97 Å². The van der Waals surface area contributed by atoms with Crippen LogP contribution in [0.15, 0.2) is 24.3 Å². The Hall–Kier alpha value is -0.730. The van der Waals surface area contributed by atoms with Crippen molar-refractivity contribution in [2.24, 2.45) is 0 Å². The van der Waals surface area contributed by atoms with Crippen LogP contribution in [0.5, 0.6) is 0 Å². The Bertz CT molecular complexity index is 326. The molecule has 0 bridgehead atoms. The first-order valence-electron chi connectivity index (χ1n) is 4.72. The molecule has 0 fully saturated rings. The molecule has 1 rings (SSSR count). The van der Waals surface area contributed by atoms with Gasteiger partial charge >= 0.3 is 5.97 Å². The van der Waals surface area contributed by atoms with Crippen LogP contribution in [0.3, 0.4) is 0 Å². The quantitative estimate of drug-likeness (QED) is 0.452. The molecule has 0 radical (unpaired) electrons. The van der Waals surface area contributed by atoms with Gasteiger partial charge in [-0.2, -0.15) is 0 Å². The number of hydrogen-bond acceptors (Lipinski definition) is 2. The lowest BCUT2D eigenvalue weighted by molar-refractivity contribution is 0.0500. The number of carbonyl (C=O) groups is 1. The van der Waals surface area contributed by atoms with E-state index in [1.54, 1.807) is 24.3 Å². The van der Waals surface area contributed by atoms with Crippen LogP contribution in [0, 0.1) is 0 Å². The van der Waals surface area contributed by atoms with Crippen molar-refractivity contribution in [2.75, 3.05) is 12.5 Å². The maximum absolute atomic E-state index is 11.4. The molecule has 1 aromatic rings. The van der Waals surface area contributed by atoms with Gasteiger partial charge in [-0.3, -0.25) is 0 Å². The van der Waals surface area contributed by atoms with Gasteiger partial charge < -0.3 is 4.74 Å². The molecule has 2 nitrogen and oxygen atoms in total. The van der Waals surface area contributed by atoms with E-state index >= 15 is 0 Å². The Labute approximate surface area is 99.1 Å². The van der Waals surface area contributed by atoms with Gasteiger partial charge in [0.15, 0.2) is 0 Å². The molecule has 4 heteroatoms. The highest BCUT2D eigenvalue weighted by molar-refractivity contribution is 6.30. The smallest absolute Gasteiger partial charge is 0.338 e. The summed E-state index contributed by atoms with van der Waals surface area (Å²) in [6.07, 6.45) is 1.64. The van der Waals surface area contributed by atoms with E-state index < -0.39 is 0 Å². The summed E-state index contributed by atoms with van der Waals surface area (Å²) in [5.74, 6) is 0.251. The lowest BCUT2D eigenvalue weighted by Gasteiger charge is -2.03. The van der Waals surface area contributed by atoms with E-state index in [9.17, 15) is 4.79 Å². The fourth-order valence-electron chi connectivity index (χ4n) is 1.06. The van der Waals surface area contributed by atoms with Crippen molar-refractivity contribution in [3.8, 4) is 0 Å². The van der Waals surface area contributed by atoms with Gasteiger partial charge in [0.2, 0.25) is 0 Å². The zero-order chi connectivity index (χ0) is 11.1. The Kier molecular flexibility index (Phi) is 5.51. The number of rotatable bonds is 5. The number of alkyl halides is 1. The van der Waals surface area contributed by atoms with Crippen LogP contribution in [0.2, 0.25) is 5.02 Å². The summed E-state index contributed by atoms with van der Waals surface area (Å²) >= 11 is 11.2. The van der Waals surface area contributed by atoms with E-state index in [2.05, 4.69) is 0 Å². The molecule has 0 saturated carbocycles. The van der Waals surface area contributed by atoms with Gasteiger partial charge in [0, 0.05) is 10.9 Å². The molecule has 0 amide bonds. The van der Waals surface area contributed by atoms with E-state index in [0.717, 1.165) is 12.8 Å². The lowest BCUT2D eigenvalue weighted by Crippen LogP contribution is -2.06. The van der Waals surface area contributed by atoms with Crippen LogP contribution >= 0.6 is 23.2 Å². The van der Waals surface area contributed by atoms with E-state index in [4.69, 9.17) is 27.9 Å². The molecule has 0 saturated heterocycles. The van der Waals surface area contributed by atoms with Gasteiger partial charge in [0.1, 0.15) is 0 Å². The van der Waals surface area contributed by atoms with Crippen molar-refractivity contribution in [3.05, 3.63) is 34.9 Å². The van der Waals surface area contributed by atoms with Crippen molar-refractivity contribution in [1.29, 1.82) is 0 Å². The first-order valence-corrected chi connectivity index (χ1v) is 5.64. The molecule has 0 spiro atoms. The Morgan fingerprint density at radius 1 is 1.33 bits per heavy atom. The molecule has 1 aromatic carbocycles. The molecular formula is C11H12Cl2O2. The number of hydrogen-bond donors (Lipinski definition) is 0. The number of benzene rings is 1. The Morgan fingerprint density at radius 2 is 2.13 bits per heavy atom. The van der Waals surface area contributed by atoms with Crippen molar-refractivity contribution in [1.82, 2.24) is 0 Å². The van der Waals surface area contributed by atoms with Crippen LogP contribution in [0.4, 0.5) is 0 Å². The van der Waals surface area contributed by atoms with Gasteiger partial charge in [-0.1, -0.05) is 17.7 Å². The number of ether oxygens (including phenoxy) is 1. The van der Waals surface area contributed by atoms with Crippen LogP contribution in [0.25, 0.3) is 0 Å². The maximum atomic E-state index is 11.4. The predicted molar refractivity (Wildman–Crippen MR) is 61.7 cm³/mol. The summed E-state index contributed by atoms with van der Waals surface area (Å²) in [6, 6.07) is 6.70. The standard InChI is InChI=1S/C11H12Cl2O2/c12-6-1-2-7-15-11(14)9-4-3-5-10(13)8-9/h3-5,8H,1-2,6-7H2. The summed E-state index contributed by atoms with van der Waals surface area (Å²) in [4.78, 5) is 11.4. The third-order valence-electron chi connectivity index (χ3n) is 1.82. The molecule has 0 aromatic heterocycles. The average molecular weight is 247 g/mol. The lowest BCUT2D eigenvalue weighted by atomic mass is 10.2. The van der Waals surface area contributed by atoms with E-state index in [1.165, 1.54) is 0 Å². The van der Waals surface area contributed by atoms with Crippen molar-refractivity contribution in [2.45, 2.75) is 12.8 Å². The Morgan fingerprint density at radius 3 is 2.80 bits per heavy atom. The number of carbonyl (C=O) groups excluding carboxylic acids is 1. The van der Waals surface area contributed by atoms with Crippen LogP contribution < -0.4 is 0 Å².